The number of hydrogen-bond acceptors (Lipinski definition) is 4. The van der Waals surface area contributed by atoms with E-state index in [1.54, 1.807) is 24.3 Å². The van der Waals surface area contributed by atoms with Gasteiger partial charge in [-0.15, -0.1) is 0 Å². The third kappa shape index (κ3) is 3.16. The summed E-state index contributed by atoms with van der Waals surface area (Å²) in [5.74, 6) is -2.32. The second-order valence-corrected chi connectivity index (χ2v) is 7.54. The van der Waals surface area contributed by atoms with Crippen LogP contribution in [0.15, 0.2) is 65.6 Å². The van der Waals surface area contributed by atoms with E-state index in [0.29, 0.717) is 11.4 Å². The van der Waals surface area contributed by atoms with E-state index in [1.165, 1.54) is 18.2 Å². The number of sulfonamides is 1. The number of ether oxygens (including phenoxy) is 1. The molecule has 0 fully saturated rings. The number of nitrogens with one attached hydrogen (secondary N) is 2. The summed E-state index contributed by atoms with van der Waals surface area (Å²) in [4.78, 5) is 11.4. The topological polar surface area (TPSA) is 84.5 Å². The number of carbonyl (C=O) groups is 1. The second kappa shape index (κ2) is 6.61. The van der Waals surface area contributed by atoms with Crippen LogP contribution >= 0.6 is 0 Å². The summed E-state index contributed by atoms with van der Waals surface area (Å²) >= 11 is 0. The highest BCUT2D eigenvalue weighted by atomic mass is 32.2. The maximum atomic E-state index is 13.8. The van der Waals surface area contributed by atoms with Gasteiger partial charge in [-0.2, -0.15) is 0 Å². The molecule has 142 valence electrons. The molecule has 0 atom stereocenters. The van der Waals surface area contributed by atoms with Crippen molar-refractivity contribution in [1.82, 2.24) is 0 Å². The molecule has 0 aromatic heterocycles. The van der Waals surface area contributed by atoms with Gasteiger partial charge in [-0.05, 0) is 42.5 Å². The Kier molecular flexibility index (Phi) is 4.23. The molecule has 0 saturated heterocycles. The average Bonchev–Trinajstić information content (AvgIpc) is 2.77. The Bertz CT molecular complexity index is 1190. The molecule has 1 heterocycles. The van der Waals surface area contributed by atoms with Crippen LogP contribution in [0.4, 0.5) is 20.2 Å². The van der Waals surface area contributed by atoms with E-state index in [2.05, 4.69) is 10.0 Å². The van der Waals surface area contributed by atoms with Gasteiger partial charge < -0.3 is 10.1 Å². The van der Waals surface area contributed by atoms with E-state index in [-0.39, 0.29) is 17.0 Å². The molecule has 0 aliphatic carbocycles. The molecule has 4 rings (SSSR count). The Labute approximate surface area is 158 Å². The molecule has 9 heteroatoms. The summed E-state index contributed by atoms with van der Waals surface area (Å²) in [6, 6.07) is 13.5. The lowest BCUT2D eigenvalue weighted by Crippen LogP contribution is -2.17. The van der Waals surface area contributed by atoms with Crippen molar-refractivity contribution in [2.24, 2.45) is 0 Å². The number of para-hydroxylation sites is 2. The van der Waals surface area contributed by atoms with E-state index in [0.717, 1.165) is 18.2 Å². The summed E-state index contributed by atoms with van der Waals surface area (Å²) in [7, 11) is -4.55. The van der Waals surface area contributed by atoms with E-state index < -0.39 is 32.5 Å². The van der Waals surface area contributed by atoms with Gasteiger partial charge >= 0.3 is 0 Å². The fourth-order valence-corrected chi connectivity index (χ4v) is 3.96. The molecule has 0 spiro atoms. The lowest BCUT2D eigenvalue weighted by atomic mass is 10.1. The van der Waals surface area contributed by atoms with Crippen LogP contribution in [-0.2, 0) is 10.0 Å². The predicted octanol–water partition coefficient (Wildman–Crippen LogP) is 4.12. The Morgan fingerprint density at radius 1 is 0.893 bits per heavy atom. The van der Waals surface area contributed by atoms with E-state index in [4.69, 9.17) is 4.74 Å². The minimum absolute atomic E-state index is 0.0499. The molecule has 1 aliphatic rings. The van der Waals surface area contributed by atoms with Crippen molar-refractivity contribution in [2.75, 3.05) is 10.0 Å². The summed E-state index contributed by atoms with van der Waals surface area (Å²) in [6.07, 6.45) is 0. The quantitative estimate of drug-likeness (QED) is 0.690. The van der Waals surface area contributed by atoms with Crippen molar-refractivity contribution in [1.29, 1.82) is 0 Å². The van der Waals surface area contributed by atoms with Crippen LogP contribution in [-0.4, -0.2) is 14.3 Å². The van der Waals surface area contributed by atoms with Crippen LogP contribution in [0, 0.1) is 11.6 Å². The van der Waals surface area contributed by atoms with Crippen molar-refractivity contribution < 1.29 is 26.7 Å². The first-order chi connectivity index (χ1) is 13.3. The van der Waals surface area contributed by atoms with Crippen LogP contribution in [0.2, 0.25) is 0 Å². The van der Waals surface area contributed by atoms with Crippen LogP contribution in [0.1, 0.15) is 10.4 Å². The van der Waals surface area contributed by atoms with Crippen LogP contribution in [0.3, 0.4) is 0 Å². The first-order valence-corrected chi connectivity index (χ1v) is 9.52. The Hall–Kier alpha value is -3.46. The predicted molar refractivity (Wildman–Crippen MR) is 98.1 cm³/mol. The highest BCUT2D eigenvalue weighted by Crippen LogP contribution is 2.36. The van der Waals surface area contributed by atoms with Gasteiger partial charge in [-0.1, -0.05) is 18.2 Å². The number of halogens is 2. The lowest BCUT2D eigenvalue weighted by molar-refractivity contribution is 0.102. The molecule has 0 bridgehead atoms. The van der Waals surface area contributed by atoms with Crippen molar-refractivity contribution in [3.8, 4) is 11.5 Å². The fraction of sp³-hybridized carbons (Fsp3) is 0. The zero-order valence-corrected chi connectivity index (χ0v) is 14.9. The monoisotopic (exact) mass is 402 g/mol. The molecule has 6 nitrogen and oxygen atoms in total. The summed E-state index contributed by atoms with van der Waals surface area (Å²) in [6.45, 7) is 0. The number of carbonyl (C=O) groups excluding carboxylic acids is 1. The van der Waals surface area contributed by atoms with Crippen molar-refractivity contribution in [3.63, 3.8) is 0 Å². The number of rotatable bonds is 3. The summed E-state index contributed by atoms with van der Waals surface area (Å²) in [5, 5.41) is 2.66. The Morgan fingerprint density at radius 3 is 2.36 bits per heavy atom. The number of amides is 1. The summed E-state index contributed by atoms with van der Waals surface area (Å²) < 4.78 is 60.3. The SMILES string of the molecule is O=C1Nc2ccccc2Oc2ccc(NS(=O)(=O)c3c(F)cccc3F)cc21. The molecule has 3 aromatic carbocycles. The first kappa shape index (κ1) is 17.9. The zero-order chi connectivity index (χ0) is 19.9. The standard InChI is InChI=1S/C19H12F2N2O4S/c20-13-4-3-5-14(21)18(13)28(25,26)23-11-8-9-16-12(10-11)19(24)22-15-6-1-2-7-17(15)27-16/h1-10,23H,(H,22,24). The molecule has 0 unspecified atom stereocenters. The zero-order valence-electron chi connectivity index (χ0n) is 14.1. The number of anilines is 2. The van der Waals surface area contributed by atoms with Gasteiger partial charge in [-0.3, -0.25) is 9.52 Å². The van der Waals surface area contributed by atoms with Gasteiger partial charge in [0.15, 0.2) is 10.6 Å². The Balaban J connectivity index is 1.71. The molecule has 0 saturated carbocycles. The largest absolute Gasteiger partial charge is 0.454 e. The third-order valence-electron chi connectivity index (χ3n) is 4.02. The number of benzene rings is 3. The second-order valence-electron chi connectivity index (χ2n) is 5.92. The molecule has 28 heavy (non-hydrogen) atoms. The van der Waals surface area contributed by atoms with Gasteiger partial charge in [0, 0.05) is 5.69 Å². The normalized spacial score (nSPS) is 12.9. The van der Waals surface area contributed by atoms with Crippen molar-refractivity contribution in [3.05, 3.63) is 77.9 Å². The average molecular weight is 402 g/mol. The minimum Gasteiger partial charge on any atom is -0.454 e. The smallest absolute Gasteiger partial charge is 0.267 e. The minimum atomic E-state index is -4.55. The molecular formula is C19H12F2N2O4S. The van der Waals surface area contributed by atoms with Crippen LogP contribution in [0.5, 0.6) is 11.5 Å². The van der Waals surface area contributed by atoms with Gasteiger partial charge in [0.2, 0.25) is 0 Å². The van der Waals surface area contributed by atoms with Gasteiger partial charge in [0.25, 0.3) is 15.9 Å². The van der Waals surface area contributed by atoms with Gasteiger partial charge in [0.05, 0.1) is 11.3 Å². The van der Waals surface area contributed by atoms with E-state index in [9.17, 15) is 22.0 Å². The first-order valence-electron chi connectivity index (χ1n) is 8.04. The van der Waals surface area contributed by atoms with Crippen molar-refractivity contribution in [2.45, 2.75) is 4.90 Å². The lowest BCUT2D eigenvalue weighted by Gasteiger charge is -2.12. The third-order valence-corrected chi connectivity index (χ3v) is 5.45. The summed E-state index contributed by atoms with van der Waals surface area (Å²) in [5.41, 5.74) is 0.468. The maximum Gasteiger partial charge on any atom is 0.267 e. The molecular weight excluding hydrogens is 390 g/mol. The highest BCUT2D eigenvalue weighted by molar-refractivity contribution is 7.92. The van der Waals surface area contributed by atoms with Crippen LogP contribution < -0.4 is 14.8 Å². The number of fused-ring (bicyclic) bond motifs is 2. The molecule has 1 amide bonds. The molecule has 0 radical (unpaired) electrons. The van der Waals surface area contributed by atoms with E-state index in [1.807, 2.05) is 0 Å². The highest BCUT2D eigenvalue weighted by Gasteiger charge is 2.26. The molecule has 2 N–H and O–H groups in total. The van der Waals surface area contributed by atoms with Gasteiger partial charge in [0.1, 0.15) is 17.4 Å². The van der Waals surface area contributed by atoms with Crippen LogP contribution in [0.25, 0.3) is 0 Å². The fourth-order valence-electron chi connectivity index (χ4n) is 2.77. The maximum absolute atomic E-state index is 13.8. The van der Waals surface area contributed by atoms with E-state index >= 15 is 0 Å². The number of hydrogen-bond donors (Lipinski definition) is 2. The Morgan fingerprint density at radius 2 is 1.61 bits per heavy atom. The molecule has 3 aromatic rings. The van der Waals surface area contributed by atoms with Gasteiger partial charge in [-0.25, -0.2) is 17.2 Å². The molecule has 1 aliphatic heterocycles. The van der Waals surface area contributed by atoms with Crippen molar-refractivity contribution >= 4 is 27.3 Å².